The van der Waals surface area contributed by atoms with Crippen molar-refractivity contribution in [2.45, 2.75) is 26.2 Å². The van der Waals surface area contributed by atoms with Crippen LogP contribution in [0, 0.1) is 6.08 Å². The molecule has 0 unspecified atom stereocenters. The molecule has 0 aromatic heterocycles. The van der Waals surface area contributed by atoms with E-state index in [4.69, 9.17) is 0 Å². The van der Waals surface area contributed by atoms with Crippen LogP contribution in [0.25, 0.3) is 0 Å². The van der Waals surface area contributed by atoms with E-state index in [1.54, 1.807) is 0 Å². The Bertz CT molecular complexity index is 130. The summed E-state index contributed by atoms with van der Waals surface area (Å²) in [6.45, 7) is 2.20. The largest absolute Gasteiger partial charge is 3.00 e. The van der Waals surface area contributed by atoms with Crippen LogP contribution in [0.15, 0.2) is 17.7 Å². The van der Waals surface area contributed by atoms with E-state index >= 15 is 0 Å². The molecule has 0 amide bonds. The van der Waals surface area contributed by atoms with E-state index in [-0.39, 0.29) is 35.6 Å². The molecular weight excluding hydrogens is 225 g/mol. The van der Waals surface area contributed by atoms with Crippen molar-refractivity contribution in [2.24, 2.45) is 0 Å². The molecule has 1 aliphatic carbocycles. The third-order valence-electron chi connectivity index (χ3n) is 1.31. The van der Waals surface area contributed by atoms with Crippen LogP contribution < -0.4 is 9.41 Å². The summed E-state index contributed by atoms with van der Waals surface area (Å²) in [6.07, 6.45) is 11.0. The number of allylic oxidation sites excluding steroid dienone is 4. The Morgan fingerprint density at radius 1 is 1.45 bits per heavy atom. The Kier molecular flexibility index (Phi) is 16.1. The molecule has 0 spiro atoms. The first kappa shape index (κ1) is 17.3. The Morgan fingerprint density at radius 2 is 2.09 bits per heavy atom. The van der Waals surface area contributed by atoms with Crippen LogP contribution in [0.3, 0.4) is 0 Å². The van der Waals surface area contributed by atoms with Gasteiger partial charge in [-0.1, -0.05) is 19.8 Å². The molecule has 0 bridgehead atoms. The van der Waals surface area contributed by atoms with Crippen LogP contribution in [0.1, 0.15) is 26.2 Å². The molecule has 11 heavy (non-hydrogen) atoms. The summed E-state index contributed by atoms with van der Waals surface area (Å²) in [4.78, 5) is 0. The SMILES string of the molecule is CCCC1=CC[C-]=C1.[F-].[F-].[Zr+3]. The minimum absolute atomic E-state index is 0. The van der Waals surface area contributed by atoms with Crippen molar-refractivity contribution in [3.05, 3.63) is 23.8 Å². The van der Waals surface area contributed by atoms with Crippen molar-refractivity contribution in [3.8, 4) is 0 Å². The fourth-order valence-electron chi connectivity index (χ4n) is 0.902. The van der Waals surface area contributed by atoms with Gasteiger partial charge < -0.3 is 9.41 Å². The first-order valence-electron chi connectivity index (χ1n) is 3.19. The molecular formula is C8H11F2Zr. The van der Waals surface area contributed by atoms with Crippen LogP contribution in [-0.2, 0) is 26.2 Å². The molecule has 0 N–H and O–H groups in total. The summed E-state index contributed by atoms with van der Waals surface area (Å²) >= 11 is 0. The fourth-order valence-corrected chi connectivity index (χ4v) is 0.902. The summed E-state index contributed by atoms with van der Waals surface area (Å²) in [6, 6.07) is 0. The molecule has 1 radical (unpaired) electrons. The summed E-state index contributed by atoms with van der Waals surface area (Å²) in [5, 5.41) is 0. The number of halogens is 2. The van der Waals surface area contributed by atoms with Crippen molar-refractivity contribution in [1.29, 1.82) is 0 Å². The summed E-state index contributed by atoms with van der Waals surface area (Å²) in [5.74, 6) is 0. The maximum atomic E-state index is 3.14. The van der Waals surface area contributed by atoms with Gasteiger partial charge >= 0.3 is 26.2 Å². The van der Waals surface area contributed by atoms with Crippen LogP contribution in [-0.4, -0.2) is 0 Å². The van der Waals surface area contributed by atoms with Gasteiger partial charge in [0.25, 0.3) is 0 Å². The average molecular weight is 236 g/mol. The molecule has 0 saturated heterocycles. The Balaban J connectivity index is -0.000000213. The van der Waals surface area contributed by atoms with Crippen molar-refractivity contribution in [2.75, 3.05) is 0 Å². The number of rotatable bonds is 2. The van der Waals surface area contributed by atoms with Crippen LogP contribution >= 0.6 is 0 Å². The van der Waals surface area contributed by atoms with E-state index in [9.17, 15) is 0 Å². The van der Waals surface area contributed by atoms with Crippen LogP contribution in [0.4, 0.5) is 0 Å². The zero-order chi connectivity index (χ0) is 5.82. The molecule has 0 fully saturated rings. The molecule has 0 aromatic carbocycles. The molecule has 1 rings (SSSR count). The predicted octanol–water partition coefficient (Wildman–Crippen LogP) is -3.52. The van der Waals surface area contributed by atoms with E-state index in [1.807, 2.05) is 0 Å². The van der Waals surface area contributed by atoms with Gasteiger partial charge in [-0.3, -0.25) is 6.08 Å². The van der Waals surface area contributed by atoms with Gasteiger partial charge in [0, 0.05) is 0 Å². The van der Waals surface area contributed by atoms with Gasteiger partial charge in [0.05, 0.1) is 0 Å². The smallest absolute Gasteiger partial charge is 1.00 e. The molecule has 61 valence electrons. The Morgan fingerprint density at radius 3 is 2.45 bits per heavy atom. The fraction of sp³-hybridized carbons (Fsp3) is 0.500. The van der Waals surface area contributed by atoms with Crippen molar-refractivity contribution in [1.82, 2.24) is 0 Å². The second-order valence-corrected chi connectivity index (χ2v) is 2.08. The third kappa shape index (κ3) is 6.61. The van der Waals surface area contributed by atoms with Gasteiger partial charge in [-0.2, -0.15) is 6.08 Å². The summed E-state index contributed by atoms with van der Waals surface area (Å²) < 4.78 is 0. The quantitative estimate of drug-likeness (QED) is 0.436. The van der Waals surface area contributed by atoms with Crippen molar-refractivity contribution < 1.29 is 35.6 Å². The maximum absolute atomic E-state index is 3.14. The molecule has 0 aromatic rings. The van der Waals surface area contributed by atoms with E-state index in [0.29, 0.717) is 0 Å². The van der Waals surface area contributed by atoms with Gasteiger partial charge in [-0.25, -0.2) is 11.6 Å². The van der Waals surface area contributed by atoms with Crippen molar-refractivity contribution >= 4 is 0 Å². The minimum Gasteiger partial charge on any atom is -1.00 e. The first-order chi connectivity index (χ1) is 3.93. The molecule has 3 heteroatoms. The monoisotopic (exact) mass is 235 g/mol. The number of hydrogen-bond donors (Lipinski definition) is 0. The third-order valence-corrected chi connectivity index (χ3v) is 1.31. The second-order valence-electron chi connectivity index (χ2n) is 2.08. The molecule has 0 aliphatic heterocycles. The van der Waals surface area contributed by atoms with E-state index in [1.165, 1.54) is 18.4 Å². The van der Waals surface area contributed by atoms with Gasteiger partial charge in [-0.15, -0.1) is 6.42 Å². The van der Waals surface area contributed by atoms with Crippen LogP contribution in [0.5, 0.6) is 0 Å². The van der Waals surface area contributed by atoms with E-state index < -0.39 is 0 Å². The standard InChI is InChI=1S/C8H11.2FH.Zr/c1-2-5-8-6-3-4-7-8;;;/h6-7H,2-3,5H2,1H3;2*1H;/q-1;;;+3/p-2. The minimum atomic E-state index is 0. The van der Waals surface area contributed by atoms with E-state index in [0.717, 1.165) is 6.42 Å². The number of hydrogen-bond acceptors (Lipinski definition) is 0. The van der Waals surface area contributed by atoms with Crippen molar-refractivity contribution in [3.63, 3.8) is 0 Å². The molecule has 0 heterocycles. The second kappa shape index (κ2) is 10.2. The van der Waals surface area contributed by atoms with Gasteiger partial charge in [0.15, 0.2) is 0 Å². The van der Waals surface area contributed by atoms with Gasteiger partial charge in [0.1, 0.15) is 0 Å². The summed E-state index contributed by atoms with van der Waals surface area (Å²) in [7, 11) is 0. The normalized spacial score (nSPS) is 12.3. The average Bonchev–Trinajstić information content (AvgIpc) is 2.19. The first-order valence-corrected chi connectivity index (χ1v) is 3.19. The van der Waals surface area contributed by atoms with Crippen LogP contribution in [0.2, 0.25) is 0 Å². The summed E-state index contributed by atoms with van der Waals surface area (Å²) in [5.41, 5.74) is 1.47. The maximum Gasteiger partial charge on any atom is 3.00 e. The van der Waals surface area contributed by atoms with E-state index in [2.05, 4.69) is 25.2 Å². The zero-order valence-corrected chi connectivity index (χ0v) is 8.99. The topological polar surface area (TPSA) is 0 Å². The Labute approximate surface area is 85.6 Å². The predicted molar refractivity (Wildman–Crippen MR) is 35.4 cm³/mol. The van der Waals surface area contributed by atoms with Gasteiger partial charge in [-0.05, 0) is 0 Å². The van der Waals surface area contributed by atoms with Gasteiger partial charge in [0.2, 0.25) is 0 Å². The molecule has 1 aliphatic rings. The molecule has 0 saturated carbocycles. The Hall–Kier alpha value is 0.223. The zero-order valence-electron chi connectivity index (χ0n) is 6.53. The molecule has 0 atom stereocenters. The molecule has 0 nitrogen and oxygen atoms in total.